The van der Waals surface area contributed by atoms with Gasteiger partial charge in [-0.3, -0.25) is 9.78 Å². The van der Waals surface area contributed by atoms with Crippen molar-refractivity contribution in [2.75, 3.05) is 18.8 Å². The molecule has 3 aromatic heterocycles. The van der Waals surface area contributed by atoms with Crippen molar-refractivity contribution in [2.24, 2.45) is 0 Å². The number of aryl methyl sites for hydroxylation is 3. The number of piperidine rings is 1. The summed E-state index contributed by atoms with van der Waals surface area (Å²) in [5.74, 6) is 1.17. The standard InChI is InChI=1S/C30H35N5O3S/c1-22-4-6-27(7-5-22)39(37,38)19-18-33-17-14-32-29(33)26-10-15-34(16-11-26)30(36)28-20-23(2)35(24(28)3)21-25-8-12-31-13-9-25/h4-9,12-14,17,20,26H,10-11,15-16,18-19,21H2,1-3H3. The van der Waals surface area contributed by atoms with Crippen LogP contribution in [0.3, 0.4) is 0 Å². The number of imidazole rings is 1. The molecule has 1 amide bonds. The molecule has 5 rings (SSSR count). The molecule has 1 aliphatic heterocycles. The van der Waals surface area contributed by atoms with Crippen LogP contribution in [0.4, 0.5) is 0 Å². The Balaban J connectivity index is 1.21. The molecular formula is C30H35N5O3S. The normalized spacial score (nSPS) is 14.6. The molecule has 1 fully saturated rings. The lowest BCUT2D eigenvalue weighted by Gasteiger charge is -2.32. The zero-order valence-corrected chi connectivity index (χ0v) is 23.6. The van der Waals surface area contributed by atoms with Crippen LogP contribution in [0.15, 0.2) is 72.1 Å². The molecule has 0 radical (unpaired) electrons. The van der Waals surface area contributed by atoms with E-state index in [2.05, 4.69) is 14.5 Å². The summed E-state index contributed by atoms with van der Waals surface area (Å²) in [6.45, 7) is 8.34. The second-order valence-corrected chi connectivity index (χ2v) is 12.5. The van der Waals surface area contributed by atoms with E-state index in [0.29, 0.717) is 31.1 Å². The third-order valence-corrected chi connectivity index (χ3v) is 9.48. The van der Waals surface area contributed by atoms with E-state index in [9.17, 15) is 13.2 Å². The molecule has 4 aromatic rings. The molecule has 0 unspecified atom stereocenters. The third kappa shape index (κ3) is 5.83. The van der Waals surface area contributed by atoms with Gasteiger partial charge < -0.3 is 14.0 Å². The second-order valence-electron chi connectivity index (χ2n) is 10.4. The first-order valence-corrected chi connectivity index (χ1v) is 15.0. The van der Waals surface area contributed by atoms with E-state index < -0.39 is 9.84 Å². The number of aromatic nitrogens is 4. The minimum Gasteiger partial charge on any atom is -0.344 e. The summed E-state index contributed by atoms with van der Waals surface area (Å²) in [6, 6.07) is 13.0. The number of amides is 1. The maximum Gasteiger partial charge on any atom is 0.255 e. The molecule has 0 bridgehead atoms. The number of pyridine rings is 1. The number of carbonyl (C=O) groups excluding carboxylic acids is 1. The van der Waals surface area contributed by atoms with E-state index >= 15 is 0 Å². The van der Waals surface area contributed by atoms with Crippen LogP contribution in [0.25, 0.3) is 0 Å². The molecule has 0 N–H and O–H groups in total. The lowest BCUT2D eigenvalue weighted by molar-refractivity contribution is 0.0709. The van der Waals surface area contributed by atoms with Crippen molar-refractivity contribution in [1.29, 1.82) is 0 Å². The van der Waals surface area contributed by atoms with E-state index in [1.54, 1.807) is 30.7 Å². The molecule has 1 aromatic carbocycles. The highest BCUT2D eigenvalue weighted by Crippen LogP contribution is 2.29. The van der Waals surface area contributed by atoms with E-state index in [-0.39, 0.29) is 17.6 Å². The SMILES string of the molecule is Cc1ccc(S(=O)(=O)CCn2ccnc2C2CCN(C(=O)c3cc(C)n(Cc4ccncc4)c3C)CC2)cc1. The number of likely N-dealkylation sites (tertiary alicyclic amines) is 1. The predicted octanol–water partition coefficient (Wildman–Crippen LogP) is 4.55. The van der Waals surface area contributed by atoms with Crippen LogP contribution in [0.2, 0.25) is 0 Å². The average molecular weight is 546 g/mol. The van der Waals surface area contributed by atoms with E-state index in [0.717, 1.165) is 46.7 Å². The lowest BCUT2D eigenvalue weighted by Crippen LogP contribution is -2.38. The Hall–Kier alpha value is -3.72. The molecule has 0 spiro atoms. The first-order valence-electron chi connectivity index (χ1n) is 13.4. The van der Waals surface area contributed by atoms with Gasteiger partial charge in [0.05, 0.1) is 16.2 Å². The van der Waals surface area contributed by atoms with Crippen molar-refractivity contribution in [3.05, 3.63) is 101 Å². The van der Waals surface area contributed by atoms with Crippen molar-refractivity contribution in [1.82, 2.24) is 24.0 Å². The average Bonchev–Trinajstić information content (AvgIpc) is 3.53. The van der Waals surface area contributed by atoms with Crippen molar-refractivity contribution in [3.8, 4) is 0 Å². The van der Waals surface area contributed by atoms with Crippen LogP contribution in [-0.4, -0.2) is 57.2 Å². The number of carbonyl (C=O) groups is 1. The molecule has 9 heteroatoms. The number of benzene rings is 1. The largest absolute Gasteiger partial charge is 0.344 e. The summed E-state index contributed by atoms with van der Waals surface area (Å²) in [4.78, 5) is 24.4. The van der Waals surface area contributed by atoms with E-state index in [1.807, 2.05) is 66.8 Å². The van der Waals surface area contributed by atoms with E-state index in [4.69, 9.17) is 0 Å². The van der Waals surface area contributed by atoms with Crippen molar-refractivity contribution < 1.29 is 13.2 Å². The van der Waals surface area contributed by atoms with Crippen LogP contribution in [0.1, 0.15) is 57.5 Å². The fraction of sp³-hybridized carbons (Fsp3) is 0.367. The van der Waals surface area contributed by atoms with Crippen LogP contribution < -0.4 is 0 Å². The third-order valence-electron chi connectivity index (χ3n) is 7.77. The first-order chi connectivity index (χ1) is 18.7. The van der Waals surface area contributed by atoms with Crippen LogP contribution >= 0.6 is 0 Å². The Labute approximate surface area is 230 Å². The molecule has 0 saturated carbocycles. The maximum absolute atomic E-state index is 13.5. The Morgan fingerprint density at radius 1 is 0.974 bits per heavy atom. The van der Waals surface area contributed by atoms with Gasteiger partial charge in [-0.2, -0.15) is 0 Å². The van der Waals surface area contributed by atoms with Gasteiger partial charge in [0.25, 0.3) is 5.91 Å². The molecule has 39 heavy (non-hydrogen) atoms. The Kier molecular flexibility index (Phi) is 7.70. The van der Waals surface area contributed by atoms with Crippen molar-refractivity contribution >= 4 is 15.7 Å². The highest BCUT2D eigenvalue weighted by atomic mass is 32.2. The first kappa shape index (κ1) is 26.9. The molecule has 0 atom stereocenters. The number of sulfone groups is 1. The summed E-state index contributed by atoms with van der Waals surface area (Å²) in [7, 11) is -3.38. The van der Waals surface area contributed by atoms with Crippen LogP contribution in [0.5, 0.6) is 0 Å². The Morgan fingerprint density at radius 3 is 2.36 bits per heavy atom. The molecule has 1 aliphatic rings. The number of nitrogens with zero attached hydrogens (tertiary/aromatic N) is 5. The quantitative estimate of drug-likeness (QED) is 0.324. The molecule has 1 saturated heterocycles. The molecule has 4 heterocycles. The molecule has 204 valence electrons. The number of rotatable bonds is 8. The zero-order valence-electron chi connectivity index (χ0n) is 22.7. The lowest BCUT2D eigenvalue weighted by atomic mass is 9.95. The second kappa shape index (κ2) is 11.2. The fourth-order valence-electron chi connectivity index (χ4n) is 5.39. The Morgan fingerprint density at radius 2 is 1.67 bits per heavy atom. The van der Waals surface area contributed by atoms with E-state index in [1.165, 1.54) is 0 Å². The maximum atomic E-state index is 13.5. The summed E-state index contributed by atoms with van der Waals surface area (Å²) in [5, 5.41) is 0. The highest BCUT2D eigenvalue weighted by Gasteiger charge is 2.29. The molecular weight excluding hydrogens is 510 g/mol. The predicted molar refractivity (Wildman–Crippen MR) is 151 cm³/mol. The summed E-state index contributed by atoms with van der Waals surface area (Å²) in [5.41, 5.74) is 4.96. The van der Waals surface area contributed by atoms with Gasteiger partial charge in [-0.25, -0.2) is 13.4 Å². The van der Waals surface area contributed by atoms with Gasteiger partial charge in [0.2, 0.25) is 0 Å². The van der Waals surface area contributed by atoms with Gasteiger partial charge in [-0.05, 0) is 69.5 Å². The highest BCUT2D eigenvalue weighted by molar-refractivity contribution is 7.91. The monoisotopic (exact) mass is 545 g/mol. The molecule has 8 nitrogen and oxygen atoms in total. The zero-order chi connectivity index (χ0) is 27.6. The summed E-state index contributed by atoms with van der Waals surface area (Å²) in [6.07, 6.45) is 8.76. The Bertz CT molecular complexity index is 1550. The van der Waals surface area contributed by atoms with Crippen molar-refractivity contribution in [3.63, 3.8) is 0 Å². The minimum absolute atomic E-state index is 0.0197. The van der Waals surface area contributed by atoms with Gasteiger partial charge in [0.1, 0.15) is 5.82 Å². The molecule has 0 aliphatic carbocycles. The topological polar surface area (TPSA) is 90.1 Å². The number of hydrogen-bond donors (Lipinski definition) is 0. The minimum atomic E-state index is -3.38. The van der Waals surface area contributed by atoms with Gasteiger partial charge in [0.15, 0.2) is 9.84 Å². The summed E-state index contributed by atoms with van der Waals surface area (Å²) < 4.78 is 29.8. The smallest absolute Gasteiger partial charge is 0.255 e. The van der Waals surface area contributed by atoms with Gasteiger partial charge in [0, 0.05) is 68.3 Å². The van der Waals surface area contributed by atoms with Gasteiger partial charge in [-0.1, -0.05) is 17.7 Å². The summed E-state index contributed by atoms with van der Waals surface area (Å²) >= 11 is 0. The van der Waals surface area contributed by atoms with Gasteiger partial charge in [-0.15, -0.1) is 0 Å². The van der Waals surface area contributed by atoms with Gasteiger partial charge >= 0.3 is 0 Å². The van der Waals surface area contributed by atoms with Crippen LogP contribution in [0, 0.1) is 20.8 Å². The number of hydrogen-bond acceptors (Lipinski definition) is 5. The fourth-order valence-corrected chi connectivity index (χ4v) is 6.62. The van der Waals surface area contributed by atoms with Crippen molar-refractivity contribution in [2.45, 2.75) is 57.5 Å². The van der Waals surface area contributed by atoms with Crippen LogP contribution in [-0.2, 0) is 22.9 Å².